The summed E-state index contributed by atoms with van der Waals surface area (Å²) in [5.41, 5.74) is 7.82. The molecule has 0 unspecified atom stereocenters. The number of fused-ring (bicyclic) bond motifs is 8. The Bertz CT molecular complexity index is 2610. The van der Waals surface area contributed by atoms with Crippen molar-refractivity contribution >= 4 is 60.8 Å². The number of rotatable bonds is 4. The van der Waals surface area contributed by atoms with Crippen molar-refractivity contribution < 1.29 is 30.2 Å². The number of nitrogens with zero attached hydrogens (tertiary/aromatic N) is 4. The Labute approximate surface area is 312 Å². The molecule has 258 valence electrons. The standard InChI is InChI=1S/C44H37N4O2.Pt/c1-43(2,3)28-22-23-45-40(24-28)48-37-21-20-33-32-14-7-10-17-39(32)50-42(33)41(37)34-19-18-31(26-38(34)48)49-30-13-11-12-29(25-30)46-27-47(44(4,5)6)36-16-9-8-15-35(36)46;/h7-24,27H,1-6H3;/q-3;. The van der Waals surface area contributed by atoms with Crippen LogP contribution in [-0.2, 0) is 26.5 Å². The molecule has 0 spiro atoms. The molecule has 9 rings (SSSR count). The second-order valence-corrected chi connectivity index (χ2v) is 15.0. The zero-order chi connectivity index (χ0) is 34.4. The summed E-state index contributed by atoms with van der Waals surface area (Å²) in [6.07, 6.45) is 1.89. The van der Waals surface area contributed by atoms with Gasteiger partial charge in [0.2, 0.25) is 0 Å². The first-order valence-corrected chi connectivity index (χ1v) is 17.0. The van der Waals surface area contributed by atoms with Crippen molar-refractivity contribution in [3.8, 4) is 17.3 Å². The van der Waals surface area contributed by atoms with Gasteiger partial charge in [-0.1, -0.05) is 62.0 Å². The molecule has 7 heteroatoms. The van der Waals surface area contributed by atoms with Gasteiger partial charge in [-0.15, -0.1) is 36.0 Å². The Hall–Kier alpha value is -5.06. The van der Waals surface area contributed by atoms with Gasteiger partial charge in [0.1, 0.15) is 17.0 Å². The third kappa shape index (κ3) is 5.48. The smallest absolute Gasteiger partial charge is 0.135 e. The Morgan fingerprint density at radius 1 is 0.725 bits per heavy atom. The van der Waals surface area contributed by atoms with Gasteiger partial charge in [-0.25, -0.2) is 4.98 Å². The van der Waals surface area contributed by atoms with E-state index in [0.717, 1.165) is 66.6 Å². The van der Waals surface area contributed by atoms with Gasteiger partial charge in [-0.05, 0) is 79.6 Å². The maximum absolute atomic E-state index is 6.55. The molecule has 0 aliphatic carbocycles. The molecule has 4 heterocycles. The fourth-order valence-electron chi connectivity index (χ4n) is 7.08. The fourth-order valence-corrected chi connectivity index (χ4v) is 7.08. The van der Waals surface area contributed by atoms with E-state index in [9.17, 15) is 0 Å². The average Bonchev–Trinajstić information content (AvgIpc) is 3.78. The van der Waals surface area contributed by atoms with E-state index in [1.54, 1.807) is 0 Å². The largest absolute Gasteiger partial charge is 0.509 e. The number of anilines is 3. The van der Waals surface area contributed by atoms with E-state index >= 15 is 0 Å². The number of benzene rings is 5. The summed E-state index contributed by atoms with van der Waals surface area (Å²) < 4.78 is 15.3. The Morgan fingerprint density at radius 2 is 1.47 bits per heavy atom. The quantitative estimate of drug-likeness (QED) is 0.165. The van der Waals surface area contributed by atoms with Crippen molar-refractivity contribution in [2.75, 3.05) is 9.80 Å². The van der Waals surface area contributed by atoms with Crippen LogP contribution in [0.2, 0.25) is 0 Å². The summed E-state index contributed by atoms with van der Waals surface area (Å²) >= 11 is 0. The van der Waals surface area contributed by atoms with Crippen molar-refractivity contribution in [2.45, 2.75) is 52.5 Å². The number of ether oxygens (including phenoxy) is 1. The first kappa shape index (κ1) is 33.1. The first-order valence-electron chi connectivity index (χ1n) is 17.0. The first-order chi connectivity index (χ1) is 24.0. The zero-order valence-corrected chi connectivity index (χ0v) is 31.7. The predicted octanol–water partition coefficient (Wildman–Crippen LogP) is 11.6. The van der Waals surface area contributed by atoms with E-state index in [2.05, 4.69) is 148 Å². The SMILES string of the molecule is CC(C)(C)c1ccnc(-n2c3[c-]c(Oc4[c-]c(N5[CH-]N(C(C)(C)C)c6ccccc65)ccc4)ccc3c3c4oc5ccccc5c4ccc32)c1.[Pt]. The van der Waals surface area contributed by atoms with E-state index in [1.165, 1.54) is 5.56 Å². The summed E-state index contributed by atoms with van der Waals surface area (Å²) in [7, 11) is 0. The molecule has 1 aliphatic rings. The van der Waals surface area contributed by atoms with E-state index < -0.39 is 0 Å². The number of para-hydroxylation sites is 3. The van der Waals surface area contributed by atoms with Gasteiger partial charge in [-0.3, -0.25) is 0 Å². The predicted molar refractivity (Wildman–Crippen MR) is 204 cm³/mol. The zero-order valence-electron chi connectivity index (χ0n) is 29.4. The number of pyridine rings is 1. The summed E-state index contributed by atoms with van der Waals surface area (Å²) in [5, 5.41) is 4.23. The molecule has 0 N–H and O–H groups in total. The fraction of sp³-hybridized carbons (Fsp3) is 0.182. The summed E-state index contributed by atoms with van der Waals surface area (Å²) in [6, 6.07) is 42.5. The van der Waals surface area contributed by atoms with Crippen LogP contribution < -0.4 is 14.5 Å². The number of hydrogen-bond donors (Lipinski definition) is 0. The molecule has 0 fully saturated rings. The van der Waals surface area contributed by atoms with E-state index in [1.807, 2.05) is 36.5 Å². The molecule has 5 aromatic carbocycles. The minimum atomic E-state index is -0.0863. The van der Waals surface area contributed by atoms with Crippen LogP contribution in [0.25, 0.3) is 49.6 Å². The Kier molecular flexibility index (Phi) is 7.81. The van der Waals surface area contributed by atoms with Gasteiger partial charge in [0, 0.05) is 72.0 Å². The van der Waals surface area contributed by atoms with E-state index in [4.69, 9.17) is 14.1 Å². The van der Waals surface area contributed by atoms with Crippen LogP contribution >= 0.6 is 0 Å². The maximum atomic E-state index is 6.55. The minimum Gasteiger partial charge on any atom is -0.509 e. The van der Waals surface area contributed by atoms with E-state index in [-0.39, 0.29) is 32.0 Å². The normalized spacial score (nSPS) is 13.4. The van der Waals surface area contributed by atoms with Crippen LogP contribution in [-0.4, -0.2) is 15.1 Å². The van der Waals surface area contributed by atoms with E-state index in [0.29, 0.717) is 11.5 Å². The second-order valence-electron chi connectivity index (χ2n) is 15.0. The molecule has 3 aromatic heterocycles. The van der Waals surface area contributed by atoms with Crippen molar-refractivity contribution in [3.63, 3.8) is 0 Å². The second kappa shape index (κ2) is 12.0. The number of aromatic nitrogens is 2. The molecular formula is C44H37N4O2Pt-3. The van der Waals surface area contributed by atoms with Crippen molar-refractivity contribution in [2.24, 2.45) is 0 Å². The van der Waals surface area contributed by atoms with Gasteiger partial charge in [-0.2, -0.15) is 18.8 Å². The average molecular weight is 849 g/mol. The third-order valence-corrected chi connectivity index (χ3v) is 9.58. The van der Waals surface area contributed by atoms with Gasteiger partial charge in [0.15, 0.2) is 0 Å². The summed E-state index contributed by atoms with van der Waals surface area (Å²) in [4.78, 5) is 9.35. The van der Waals surface area contributed by atoms with Crippen LogP contribution in [0, 0.1) is 18.8 Å². The molecule has 0 radical (unpaired) electrons. The van der Waals surface area contributed by atoms with Crippen LogP contribution in [0.15, 0.2) is 114 Å². The monoisotopic (exact) mass is 848 g/mol. The topological polar surface area (TPSA) is 46.7 Å². The molecule has 1 aliphatic heterocycles. The summed E-state index contributed by atoms with van der Waals surface area (Å²) in [6.45, 7) is 15.5. The van der Waals surface area contributed by atoms with Crippen molar-refractivity contribution in [1.82, 2.24) is 9.55 Å². The minimum absolute atomic E-state index is 0. The van der Waals surface area contributed by atoms with Gasteiger partial charge >= 0.3 is 0 Å². The van der Waals surface area contributed by atoms with Crippen molar-refractivity contribution in [1.29, 1.82) is 0 Å². The molecule has 51 heavy (non-hydrogen) atoms. The third-order valence-electron chi connectivity index (χ3n) is 9.58. The van der Waals surface area contributed by atoms with Crippen LogP contribution in [0.3, 0.4) is 0 Å². The Balaban J connectivity index is 0.00000374. The summed E-state index contributed by atoms with van der Waals surface area (Å²) in [5.74, 6) is 2.01. The van der Waals surface area contributed by atoms with Gasteiger partial charge in [0.05, 0.1) is 0 Å². The molecule has 0 bridgehead atoms. The molecular weight excluding hydrogens is 812 g/mol. The number of hydrogen-bond acceptors (Lipinski definition) is 5. The molecule has 0 saturated carbocycles. The molecule has 6 nitrogen and oxygen atoms in total. The van der Waals surface area contributed by atoms with Crippen LogP contribution in [0.4, 0.5) is 17.1 Å². The molecule has 0 saturated heterocycles. The van der Waals surface area contributed by atoms with Gasteiger partial charge in [0.25, 0.3) is 0 Å². The maximum Gasteiger partial charge on any atom is 0.135 e. The Morgan fingerprint density at radius 3 is 2.27 bits per heavy atom. The molecule has 8 aromatic rings. The molecule has 0 amide bonds. The van der Waals surface area contributed by atoms with Crippen molar-refractivity contribution in [3.05, 3.63) is 134 Å². The van der Waals surface area contributed by atoms with Crippen LogP contribution in [0.1, 0.15) is 47.1 Å². The van der Waals surface area contributed by atoms with Crippen LogP contribution in [0.5, 0.6) is 11.5 Å². The number of furan rings is 1. The molecule has 0 atom stereocenters. The van der Waals surface area contributed by atoms with Gasteiger partial charge < -0.3 is 23.5 Å².